The molecule has 3 nitrogen and oxygen atoms in total. The molecule has 3 N–H and O–H groups in total. The van der Waals surface area contributed by atoms with Gasteiger partial charge in [0, 0.05) is 11.3 Å². The molecule has 1 amide bonds. The van der Waals surface area contributed by atoms with Crippen LogP contribution in [-0.4, -0.2) is 12.5 Å². The molecule has 0 aliphatic rings. The number of nitrogens with one attached hydrogen (secondary N) is 1. The number of nitrogens with two attached hydrogens (primary N) is 1. The second kappa shape index (κ2) is 9.36. The van der Waals surface area contributed by atoms with Crippen LogP contribution in [-0.2, 0) is 17.6 Å². The number of carbonyl (C=O) groups is 1. The zero-order valence-electron chi connectivity index (χ0n) is 15.2. The molecule has 0 spiro atoms. The zero-order chi connectivity index (χ0) is 19.3. The maximum absolute atomic E-state index is 13.7. The molecular weight excluding hydrogens is 374 g/mol. The van der Waals surface area contributed by atoms with E-state index in [4.69, 9.17) is 23.2 Å². The molecule has 0 bridgehead atoms. The van der Waals surface area contributed by atoms with Crippen molar-refractivity contribution in [2.45, 2.75) is 39.7 Å². The second-order valence-electron chi connectivity index (χ2n) is 6.22. The Morgan fingerprint density at radius 3 is 2.35 bits per heavy atom. The van der Waals surface area contributed by atoms with Gasteiger partial charge in [-0.3, -0.25) is 4.79 Å². The summed E-state index contributed by atoms with van der Waals surface area (Å²) >= 11 is 11.9. The van der Waals surface area contributed by atoms with Gasteiger partial charge < -0.3 is 10.6 Å². The van der Waals surface area contributed by atoms with Crippen molar-refractivity contribution in [2.75, 3.05) is 11.9 Å². The van der Waals surface area contributed by atoms with E-state index in [0.29, 0.717) is 10.6 Å². The SMILES string of the molecule is CCc1cccc(CC)c1NC(=O)C[NH2+][C@@H](C)c1cc(F)c(Cl)cc1Cl. The number of benzene rings is 2. The number of anilines is 1. The maximum Gasteiger partial charge on any atom is 0.279 e. The van der Waals surface area contributed by atoms with Crippen molar-refractivity contribution >= 4 is 34.8 Å². The Labute approximate surface area is 163 Å². The molecule has 0 fully saturated rings. The monoisotopic (exact) mass is 397 g/mol. The molecule has 6 heteroatoms. The molecule has 2 aromatic rings. The molecule has 0 aliphatic heterocycles. The highest BCUT2D eigenvalue weighted by Crippen LogP contribution is 2.27. The van der Waals surface area contributed by atoms with E-state index in [1.165, 1.54) is 12.1 Å². The van der Waals surface area contributed by atoms with Gasteiger partial charge in [-0.05, 0) is 43.0 Å². The van der Waals surface area contributed by atoms with Crippen LogP contribution in [0.5, 0.6) is 0 Å². The number of hydrogen-bond acceptors (Lipinski definition) is 1. The van der Waals surface area contributed by atoms with Crippen LogP contribution in [0, 0.1) is 5.82 Å². The van der Waals surface area contributed by atoms with E-state index in [1.54, 1.807) is 0 Å². The quantitative estimate of drug-likeness (QED) is 0.662. The molecule has 2 aromatic carbocycles. The van der Waals surface area contributed by atoms with Crippen molar-refractivity contribution in [1.82, 2.24) is 0 Å². The van der Waals surface area contributed by atoms with Gasteiger partial charge in [0.2, 0.25) is 0 Å². The lowest BCUT2D eigenvalue weighted by atomic mass is 10.0. The summed E-state index contributed by atoms with van der Waals surface area (Å²) in [5.41, 5.74) is 3.76. The Morgan fingerprint density at radius 1 is 1.15 bits per heavy atom. The summed E-state index contributed by atoms with van der Waals surface area (Å²) in [5, 5.41) is 5.23. The van der Waals surface area contributed by atoms with E-state index < -0.39 is 5.82 Å². The molecule has 0 heterocycles. The topological polar surface area (TPSA) is 45.7 Å². The summed E-state index contributed by atoms with van der Waals surface area (Å²) in [6.07, 6.45) is 1.70. The Morgan fingerprint density at radius 2 is 1.77 bits per heavy atom. The first-order valence-corrected chi connectivity index (χ1v) is 9.51. The van der Waals surface area contributed by atoms with Crippen LogP contribution in [0.15, 0.2) is 30.3 Å². The first-order valence-electron chi connectivity index (χ1n) is 8.75. The molecule has 140 valence electrons. The zero-order valence-corrected chi connectivity index (χ0v) is 16.7. The predicted molar refractivity (Wildman–Crippen MR) is 105 cm³/mol. The Bertz CT molecular complexity index is 773. The lowest BCUT2D eigenvalue weighted by molar-refractivity contribution is -0.682. The van der Waals surface area contributed by atoms with Crippen molar-refractivity contribution in [3.63, 3.8) is 0 Å². The highest BCUT2D eigenvalue weighted by Gasteiger charge is 2.18. The van der Waals surface area contributed by atoms with Crippen molar-refractivity contribution < 1.29 is 14.5 Å². The Hall–Kier alpha value is -1.62. The average molecular weight is 398 g/mol. The first kappa shape index (κ1) is 20.7. The number of para-hydroxylation sites is 1. The fourth-order valence-electron chi connectivity index (χ4n) is 2.89. The van der Waals surface area contributed by atoms with Gasteiger partial charge in [-0.25, -0.2) is 4.39 Å². The second-order valence-corrected chi connectivity index (χ2v) is 7.04. The normalized spacial score (nSPS) is 12.1. The maximum atomic E-state index is 13.7. The third kappa shape index (κ3) is 4.97. The van der Waals surface area contributed by atoms with Crippen LogP contribution in [0.4, 0.5) is 10.1 Å². The van der Waals surface area contributed by atoms with Crippen LogP contribution in [0.25, 0.3) is 0 Å². The molecule has 0 radical (unpaired) electrons. The molecule has 1 atom stereocenters. The van der Waals surface area contributed by atoms with Crippen LogP contribution in [0.2, 0.25) is 10.0 Å². The van der Waals surface area contributed by atoms with Gasteiger partial charge in [-0.15, -0.1) is 0 Å². The number of carbonyl (C=O) groups excluding carboxylic acids is 1. The van der Waals surface area contributed by atoms with Crippen LogP contribution < -0.4 is 10.6 Å². The number of halogens is 3. The summed E-state index contributed by atoms with van der Waals surface area (Å²) < 4.78 is 13.7. The average Bonchev–Trinajstić information content (AvgIpc) is 2.62. The van der Waals surface area contributed by atoms with E-state index in [9.17, 15) is 9.18 Å². The fourth-order valence-corrected chi connectivity index (χ4v) is 3.45. The minimum Gasteiger partial charge on any atom is -0.332 e. The molecule has 0 aliphatic carbocycles. The standard InChI is InChI=1S/C20H23Cl2FN2O/c1-4-13-7-6-8-14(5-2)20(13)25-19(26)11-24-12(3)15-9-18(23)17(22)10-16(15)21/h6-10,12,24H,4-5,11H2,1-3H3,(H,25,26)/p+1/t12-/m0/s1. The Kier molecular flexibility index (Phi) is 7.44. The van der Waals surface area contributed by atoms with E-state index in [0.717, 1.165) is 29.7 Å². The van der Waals surface area contributed by atoms with Crippen molar-refractivity contribution in [3.8, 4) is 0 Å². The smallest absolute Gasteiger partial charge is 0.279 e. The largest absolute Gasteiger partial charge is 0.332 e. The van der Waals surface area contributed by atoms with Gasteiger partial charge in [0.1, 0.15) is 11.9 Å². The number of rotatable bonds is 7. The van der Waals surface area contributed by atoms with Gasteiger partial charge in [0.15, 0.2) is 6.54 Å². The van der Waals surface area contributed by atoms with Gasteiger partial charge in [-0.1, -0.05) is 55.2 Å². The summed E-state index contributed by atoms with van der Waals surface area (Å²) in [6, 6.07) is 8.61. The number of quaternary nitrogens is 1. The first-order chi connectivity index (χ1) is 12.4. The minimum absolute atomic E-state index is 0.00744. The Balaban J connectivity index is 2.05. The van der Waals surface area contributed by atoms with E-state index >= 15 is 0 Å². The number of amides is 1. The summed E-state index contributed by atoms with van der Waals surface area (Å²) in [6.45, 7) is 6.22. The summed E-state index contributed by atoms with van der Waals surface area (Å²) in [5.74, 6) is -0.613. The molecule has 2 rings (SSSR count). The van der Waals surface area contributed by atoms with Crippen molar-refractivity contribution in [1.29, 1.82) is 0 Å². The number of aryl methyl sites for hydroxylation is 2. The van der Waals surface area contributed by atoms with Crippen molar-refractivity contribution in [3.05, 3.63) is 62.9 Å². The van der Waals surface area contributed by atoms with Crippen LogP contribution in [0.3, 0.4) is 0 Å². The molecule has 0 unspecified atom stereocenters. The highest BCUT2D eigenvalue weighted by molar-refractivity contribution is 6.35. The molecule has 26 heavy (non-hydrogen) atoms. The van der Waals surface area contributed by atoms with Gasteiger partial charge in [-0.2, -0.15) is 0 Å². The minimum atomic E-state index is -0.514. The van der Waals surface area contributed by atoms with E-state index in [2.05, 4.69) is 19.2 Å². The lowest BCUT2D eigenvalue weighted by Crippen LogP contribution is -2.86. The van der Waals surface area contributed by atoms with Crippen LogP contribution in [0.1, 0.15) is 43.5 Å². The van der Waals surface area contributed by atoms with E-state index in [-0.39, 0.29) is 23.5 Å². The molecule has 0 saturated heterocycles. The van der Waals surface area contributed by atoms with Gasteiger partial charge >= 0.3 is 0 Å². The number of hydrogen-bond donors (Lipinski definition) is 2. The fraction of sp³-hybridized carbons (Fsp3) is 0.350. The van der Waals surface area contributed by atoms with E-state index in [1.807, 2.05) is 30.4 Å². The van der Waals surface area contributed by atoms with Gasteiger partial charge in [0.25, 0.3) is 5.91 Å². The predicted octanol–water partition coefficient (Wildman–Crippen LogP) is 4.52. The van der Waals surface area contributed by atoms with Gasteiger partial charge in [0.05, 0.1) is 10.0 Å². The molecule has 0 aromatic heterocycles. The third-order valence-corrected chi connectivity index (χ3v) is 5.07. The molecular formula is C20H24Cl2FN2O+. The van der Waals surface area contributed by atoms with Crippen molar-refractivity contribution in [2.24, 2.45) is 0 Å². The lowest BCUT2D eigenvalue weighted by Gasteiger charge is -2.16. The van der Waals surface area contributed by atoms with Crippen LogP contribution >= 0.6 is 23.2 Å². The summed E-state index contributed by atoms with van der Waals surface area (Å²) in [4.78, 5) is 12.4. The third-order valence-electron chi connectivity index (χ3n) is 4.45. The highest BCUT2D eigenvalue weighted by atomic mass is 35.5. The summed E-state index contributed by atoms with van der Waals surface area (Å²) in [7, 11) is 0. The molecule has 0 saturated carbocycles.